The van der Waals surface area contributed by atoms with Gasteiger partial charge in [0.15, 0.2) is 5.82 Å². The fourth-order valence-corrected chi connectivity index (χ4v) is 2.36. The van der Waals surface area contributed by atoms with Crippen molar-refractivity contribution in [2.75, 3.05) is 13.2 Å². The first kappa shape index (κ1) is 13.5. The van der Waals surface area contributed by atoms with Crippen LogP contribution < -0.4 is 5.73 Å². The molecule has 2 rings (SSSR count). The van der Waals surface area contributed by atoms with Crippen molar-refractivity contribution in [1.82, 2.24) is 10.1 Å². The SMILES string of the molecule is CCOCCc1nc(C2(N)CCC(C)CC2)no1. The molecule has 0 atom stereocenters. The molecule has 1 aromatic rings. The molecule has 1 aliphatic carbocycles. The third kappa shape index (κ3) is 3.09. The highest BCUT2D eigenvalue weighted by molar-refractivity contribution is 5.05. The van der Waals surface area contributed by atoms with Crippen LogP contribution in [-0.2, 0) is 16.7 Å². The van der Waals surface area contributed by atoms with Gasteiger partial charge in [0.25, 0.3) is 0 Å². The molecule has 5 heteroatoms. The van der Waals surface area contributed by atoms with E-state index in [1.807, 2.05) is 6.92 Å². The van der Waals surface area contributed by atoms with E-state index in [1.165, 1.54) is 0 Å². The van der Waals surface area contributed by atoms with Crippen LogP contribution in [0.3, 0.4) is 0 Å². The number of hydrogen-bond acceptors (Lipinski definition) is 5. The highest BCUT2D eigenvalue weighted by Gasteiger charge is 2.36. The predicted octanol–water partition coefficient (Wildman–Crippen LogP) is 2.01. The molecule has 1 aliphatic rings. The van der Waals surface area contributed by atoms with E-state index in [-0.39, 0.29) is 5.54 Å². The molecule has 0 unspecified atom stereocenters. The van der Waals surface area contributed by atoms with Crippen molar-refractivity contribution >= 4 is 0 Å². The molecular weight excluding hydrogens is 230 g/mol. The molecule has 5 nitrogen and oxygen atoms in total. The van der Waals surface area contributed by atoms with Crippen LogP contribution in [0, 0.1) is 5.92 Å². The van der Waals surface area contributed by atoms with Gasteiger partial charge in [-0.15, -0.1) is 0 Å². The lowest BCUT2D eigenvalue weighted by Crippen LogP contribution is -2.41. The van der Waals surface area contributed by atoms with Gasteiger partial charge in [-0.05, 0) is 38.5 Å². The molecule has 1 saturated carbocycles. The first-order chi connectivity index (χ1) is 8.64. The van der Waals surface area contributed by atoms with Crippen molar-refractivity contribution in [3.8, 4) is 0 Å². The fourth-order valence-electron chi connectivity index (χ4n) is 2.36. The van der Waals surface area contributed by atoms with Gasteiger partial charge in [-0.2, -0.15) is 4.98 Å². The molecular formula is C13H23N3O2. The Balaban J connectivity index is 1.96. The summed E-state index contributed by atoms with van der Waals surface area (Å²) >= 11 is 0. The maximum atomic E-state index is 6.39. The summed E-state index contributed by atoms with van der Waals surface area (Å²) < 4.78 is 10.5. The number of aromatic nitrogens is 2. The number of nitrogens with zero attached hydrogens (tertiary/aromatic N) is 2. The Kier molecular flexibility index (Phi) is 4.35. The van der Waals surface area contributed by atoms with E-state index in [1.54, 1.807) is 0 Å². The minimum absolute atomic E-state index is 0.389. The standard InChI is InChI=1S/C13H23N3O2/c1-3-17-9-6-11-15-12(16-18-11)13(14)7-4-10(2)5-8-13/h10H,3-9,14H2,1-2H3. The Bertz CT molecular complexity index is 370. The highest BCUT2D eigenvalue weighted by atomic mass is 16.5. The quantitative estimate of drug-likeness (QED) is 0.812. The summed E-state index contributed by atoms with van der Waals surface area (Å²) in [7, 11) is 0. The summed E-state index contributed by atoms with van der Waals surface area (Å²) in [5.74, 6) is 2.05. The van der Waals surface area contributed by atoms with Gasteiger partial charge >= 0.3 is 0 Å². The summed E-state index contributed by atoms with van der Waals surface area (Å²) in [6.07, 6.45) is 4.82. The zero-order valence-electron chi connectivity index (χ0n) is 11.3. The first-order valence-electron chi connectivity index (χ1n) is 6.84. The van der Waals surface area contributed by atoms with Gasteiger partial charge in [0.2, 0.25) is 5.89 Å². The number of ether oxygens (including phenoxy) is 1. The van der Waals surface area contributed by atoms with E-state index in [4.69, 9.17) is 15.0 Å². The predicted molar refractivity (Wildman–Crippen MR) is 68.0 cm³/mol. The number of rotatable bonds is 5. The Morgan fingerprint density at radius 2 is 2.17 bits per heavy atom. The molecule has 1 aromatic heterocycles. The zero-order valence-corrected chi connectivity index (χ0v) is 11.3. The number of hydrogen-bond donors (Lipinski definition) is 1. The summed E-state index contributed by atoms with van der Waals surface area (Å²) in [4.78, 5) is 4.42. The monoisotopic (exact) mass is 253 g/mol. The molecule has 1 fully saturated rings. The lowest BCUT2D eigenvalue weighted by atomic mass is 9.77. The average Bonchev–Trinajstić information content (AvgIpc) is 2.83. The van der Waals surface area contributed by atoms with E-state index in [0.717, 1.165) is 31.6 Å². The maximum absolute atomic E-state index is 6.39. The van der Waals surface area contributed by atoms with Crippen molar-refractivity contribution in [3.63, 3.8) is 0 Å². The Labute approximate surface area is 108 Å². The summed E-state index contributed by atoms with van der Waals surface area (Å²) in [5, 5.41) is 4.05. The van der Waals surface area contributed by atoms with Gasteiger partial charge in [0, 0.05) is 6.61 Å². The third-order valence-corrected chi connectivity index (χ3v) is 3.74. The largest absolute Gasteiger partial charge is 0.381 e. The van der Waals surface area contributed by atoms with E-state index < -0.39 is 0 Å². The summed E-state index contributed by atoms with van der Waals surface area (Å²) in [5.41, 5.74) is 6.01. The Morgan fingerprint density at radius 3 is 2.83 bits per heavy atom. The van der Waals surface area contributed by atoms with Crippen LogP contribution in [0.25, 0.3) is 0 Å². The minimum Gasteiger partial charge on any atom is -0.381 e. The summed E-state index contributed by atoms with van der Waals surface area (Å²) in [6, 6.07) is 0. The molecule has 102 valence electrons. The van der Waals surface area contributed by atoms with Crippen molar-refractivity contribution < 1.29 is 9.26 Å². The molecule has 1 heterocycles. The van der Waals surface area contributed by atoms with Crippen LogP contribution in [-0.4, -0.2) is 23.4 Å². The van der Waals surface area contributed by atoms with Crippen molar-refractivity contribution in [1.29, 1.82) is 0 Å². The van der Waals surface area contributed by atoms with Crippen molar-refractivity contribution in [2.24, 2.45) is 11.7 Å². The van der Waals surface area contributed by atoms with Crippen LogP contribution in [0.15, 0.2) is 4.52 Å². The lowest BCUT2D eigenvalue weighted by Gasteiger charge is -2.33. The Morgan fingerprint density at radius 1 is 1.44 bits per heavy atom. The minimum atomic E-state index is -0.389. The highest BCUT2D eigenvalue weighted by Crippen LogP contribution is 2.35. The topological polar surface area (TPSA) is 74.2 Å². The second kappa shape index (κ2) is 5.80. The smallest absolute Gasteiger partial charge is 0.229 e. The second-order valence-corrected chi connectivity index (χ2v) is 5.30. The third-order valence-electron chi connectivity index (χ3n) is 3.74. The van der Waals surface area contributed by atoms with Crippen LogP contribution in [0.4, 0.5) is 0 Å². The van der Waals surface area contributed by atoms with Crippen LogP contribution in [0.1, 0.15) is 51.2 Å². The van der Waals surface area contributed by atoms with Crippen LogP contribution in [0.2, 0.25) is 0 Å². The van der Waals surface area contributed by atoms with Crippen LogP contribution in [0.5, 0.6) is 0 Å². The average molecular weight is 253 g/mol. The molecule has 18 heavy (non-hydrogen) atoms. The Hall–Kier alpha value is -0.940. The molecule has 0 aromatic carbocycles. The maximum Gasteiger partial charge on any atom is 0.229 e. The van der Waals surface area contributed by atoms with Gasteiger partial charge in [0.1, 0.15) is 0 Å². The molecule has 0 bridgehead atoms. The van der Waals surface area contributed by atoms with Gasteiger partial charge in [-0.1, -0.05) is 12.1 Å². The molecule has 0 saturated heterocycles. The van der Waals surface area contributed by atoms with Crippen molar-refractivity contribution in [3.05, 3.63) is 11.7 Å². The zero-order chi connectivity index (χ0) is 13.0. The van der Waals surface area contributed by atoms with E-state index in [2.05, 4.69) is 17.1 Å². The van der Waals surface area contributed by atoms with Gasteiger partial charge < -0.3 is 15.0 Å². The van der Waals surface area contributed by atoms with Crippen molar-refractivity contribution in [2.45, 2.75) is 51.5 Å². The first-order valence-corrected chi connectivity index (χ1v) is 6.84. The van der Waals surface area contributed by atoms with E-state index >= 15 is 0 Å². The summed E-state index contributed by atoms with van der Waals surface area (Å²) in [6.45, 7) is 5.56. The molecule has 0 spiro atoms. The molecule has 0 aliphatic heterocycles. The number of nitrogens with two attached hydrogens (primary N) is 1. The van der Waals surface area contributed by atoms with Gasteiger partial charge in [-0.25, -0.2) is 0 Å². The normalized spacial score (nSPS) is 28.5. The van der Waals surface area contributed by atoms with Gasteiger partial charge in [0.05, 0.1) is 18.6 Å². The molecule has 2 N–H and O–H groups in total. The molecule has 0 amide bonds. The molecule has 0 radical (unpaired) electrons. The second-order valence-electron chi connectivity index (χ2n) is 5.30. The van der Waals surface area contributed by atoms with E-state index in [0.29, 0.717) is 31.3 Å². The lowest BCUT2D eigenvalue weighted by molar-refractivity contribution is 0.144. The van der Waals surface area contributed by atoms with E-state index in [9.17, 15) is 0 Å². The van der Waals surface area contributed by atoms with Gasteiger partial charge in [-0.3, -0.25) is 0 Å². The fraction of sp³-hybridized carbons (Fsp3) is 0.846. The van der Waals surface area contributed by atoms with Crippen LogP contribution >= 0.6 is 0 Å².